The Labute approximate surface area is 74.5 Å². The van der Waals surface area contributed by atoms with Crippen LogP contribution >= 0.6 is 0 Å². The molecule has 0 aliphatic heterocycles. The van der Waals surface area contributed by atoms with Gasteiger partial charge in [-0.2, -0.15) is 0 Å². The molecular formula is C11H16O. The molecule has 0 aromatic rings. The normalized spacial score (nSPS) is 20.8. The first kappa shape index (κ1) is 9.35. The summed E-state index contributed by atoms with van der Waals surface area (Å²) in [5, 5.41) is 9.89. The van der Waals surface area contributed by atoms with E-state index >= 15 is 0 Å². The molecule has 1 heteroatoms. The van der Waals surface area contributed by atoms with Gasteiger partial charge in [0.05, 0.1) is 0 Å². The lowest BCUT2D eigenvalue weighted by Gasteiger charge is -2.26. The number of hydrogen-bond acceptors (Lipinski definition) is 1. The molecule has 1 aliphatic carbocycles. The molecule has 1 nitrogen and oxygen atoms in total. The minimum absolute atomic E-state index is 0.679. The van der Waals surface area contributed by atoms with Crippen molar-refractivity contribution in [2.75, 3.05) is 0 Å². The molecule has 66 valence electrons. The highest BCUT2D eigenvalue weighted by Crippen LogP contribution is 2.27. The van der Waals surface area contributed by atoms with Gasteiger partial charge >= 0.3 is 0 Å². The standard InChI is InChI=1S/C11H16O/c1-2-3-5-8-11(12)9-6-4-7-10-11/h2,12H,1,3-4,6-7,9-10H2. The van der Waals surface area contributed by atoms with Gasteiger partial charge in [-0.25, -0.2) is 0 Å². The molecule has 0 spiro atoms. The summed E-state index contributed by atoms with van der Waals surface area (Å²) in [5.41, 5.74) is -0.679. The van der Waals surface area contributed by atoms with Crippen molar-refractivity contribution in [3.05, 3.63) is 12.7 Å². The largest absolute Gasteiger partial charge is 0.378 e. The first-order valence-electron chi connectivity index (χ1n) is 4.60. The maximum Gasteiger partial charge on any atom is 0.125 e. The van der Waals surface area contributed by atoms with E-state index in [0.29, 0.717) is 6.42 Å². The van der Waals surface area contributed by atoms with Gasteiger partial charge in [0.1, 0.15) is 5.60 Å². The summed E-state index contributed by atoms with van der Waals surface area (Å²) in [4.78, 5) is 0. The average molecular weight is 164 g/mol. The fraction of sp³-hybridized carbons (Fsp3) is 0.636. The summed E-state index contributed by atoms with van der Waals surface area (Å²) in [5.74, 6) is 5.86. The Bertz CT molecular complexity index is 201. The summed E-state index contributed by atoms with van der Waals surface area (Å²) in [6, 6.07) is 0. The van der Waals surface area contributed by atoms with Crippen molar-refractivity contribution in [3.63, 3.8) is 0 Å². The first-order chi connectivity index (χ1) is 5.77. The summed E-state index contributed by atoms with van der Waals surface area (Å²) in [6.07, 6.45) is 7.60. The van der Waals surface area contributed by atoms with Crippen LogP contribution in [0.1, 0.15) is 38.5 Å². The topological polar surface area (TPSA) is 20.2 Å². The minimum Gasteiger partial charge on any atom is -0.378 e. The Hall–Kier alpha value is -0.740. The molecule has 1 fully saturated rings. The van der Waals surface area contributed by atoms with E-state index in [-0.39, 0.29) is 0 Å². The van der Waals surface area contributed by atoms with Gasteiger partial charge in [0.25, 0.3) is 0 Å². The maximum atomic E-state index is 9.89. The van der Waals surface area contributed by atoms with Gasteiger partial charge in [-0.05, 0) is 25.7 Å². The van der Waals surface area contributed by atoms with Gasteiger partial charge in [-0.1, -0.05) is 24.3 Å². The first-order valence-corrected chi connectivity index (χ1v) is 4.60. The van der Waals surface area contributed by atoms with Crippen LogP contribution in [0.3, 0.4) is 0 Å². The van der Waals surface area contributed by atoms with Gasteiger partial charge in [0.2, 0.25) is 0 Å². The molecule has 1 saturated carbocycles. The van der Waals surface area contributed by atoms with Crippen LogP contribution in [0.25, 0.3) is 0 Å². The molecular weight excluding hydrogens is 148 g/mol. The molecule has 1 N–H and O–H groups in total. The number of aliphatic hydroxyl groups is 1. The molecule has 0 unspecified atom stereocenters. The lowest BCUT2D eigenvalue weighted by Crippen LogP contribution is -2.29. The van der Waals surface area contributed by atoms with Gasteiger partial charge in [0.15, 0.2) is 0 Å². The Balaban J connectivity index is 2.47. The van der Waals surface area contributed by atoms with Crippen LogP contribution in [-0.2, 0) is 0 Å². The Kier molecular flexibility index (Phi) is 3.37. The lowest BCUT2D eigenvalue weighted by molar-refractivity contribution is 0.0609. The smallest absolute Gasteiger partial charge is 0.125 e. The van der Waals surface area contributed by atoms with E-state index in [1.54, 1.807) is 6.08 Å². The molecule has 1 rings (SSSR count). The van der Waals surface area contributed by atoms with Crippen molar-refractivity contribution in [2.24, 2.45) is 0 Å². The lowest BCUT2D eigenvalue weighted by atomic mass is 9.85. The van der Waals surface area contributed by atoms with E-state index in [1.807, 2.05) is 0 Å². The van der Waals surface area contributed by atoms with E-state index in [9.17, 15) is 5.11 Å². The van der Waals surface area contributed by atoms with Crippen LogP contribution in [-0.4, -0.2) is 10.7 Å². The fourth-order valence-electron chi connectivity index (χ4n) is 1.55. The van der Waals surface area contributed by atoms with E-state index in [0.717, 1.165) is 25.7 Å². The van der Waals surface area contributed by atoms with E-state index in [1.165, 1.54) is 6.42 Å². The third kappa shape index (κ3) is 2.71. The number of rotatable bonds is 1. The van der Waals surface area contributed by atoms with Gasteiger partial charge < -0.3 is 5.11 Å². The summed E-state index contributed by atoms with van der Waals surface area (Å²) in [6.45, 7) is 3.58. The highest BCUT2D eigenvalue weighted by atomic mass is 16.3. The average Bonchev–Trinajstić information content (AvgIpc) is 2.06. The maximum absolute atomic E-state index is 9.89. The van der Waals surface area contributed by atoms with E-state index in [4.69, 9.17) is 0 Å². The van der Waals surface area contributed by atoms with Crippen molar-refractivity contribution < 1.29 is 5.11 Å². The van der Waals surface area contributed by atoms with Crippen LogP contribution in [0.2, 0.25) is 0 Å². The molecule has 0 atom stereocenters. The predicted octanol–water partition coefficient (Wildman–Crippen LogP) is 2.26. The quantitative estimate of drug-likeness (QED) is 0.465. The minimum atomic E-state index is -0.679. The number of hydrogen-bond donors (Lipinski definition) is 1. The Morgan fingerprint density at radius 1 is 1.33 bits per heavy atom. The van der Waals surface area contributed by atoms with Crippen molar-refractivity contribution in [1.29, 1.82) is 0 Å². The van der Waals surface area contributed by atoms with Gasteiger partial charge in [-0.3, -0.25) is 0 Å². The molecule has 0 amide bonds. The van der Waals surface area contributed by atoms with E-state index in [2.05, 4.69) is 18.4 Å². The summed E-state index contributed by atoms with van der Waals surface area (Å²) < 4.78 is 0. The van der Waals surface area contributed by atoms with Crippen molar-refractivity contribution in [3.8, 4) is 11.8 Å². The monoisotopic (exact) mass is 164 g/mol. The van der Waals surface area contributed by atoms with Crippen LogP contribution < -0.4 is 0 Å². The fourth-order valence-corrected chi connectivity index (χ4v) is 1.55. The van der Waals surface area contributed by atoms with Gasteiger partial charge in [-0.15, -0.1) is 6.58 Å². The van der Waals surface area contributed by atoms with Crippen molar-refractivity contribution in [1.82, 2.24) is 0 Å². The van der Waals surface area contributed by atoms with Crippen molar-refractivity contribution in [2.45, 2.75) is 44.1 Å². The molecule has 0 aromatic heterocycles. The zero-order valence-electron chi connectivity index (χ0n) is 7.47. The number of allylic oxidation sites excluding steroid dienone is 1. The highest BCUT2D eigenvalue weighted by molar-refractivity contribution is 5.15. The van der Waals surface area contributed by atoms with E-state index < -0.39 is 5.60 Å². The second-order valence-electron chi connectivity index (χ2n) is 3.39. The zero-order chi connectivity index (χ0) is 8.86. The van der Waals surface area contributed by atoms with Crippen LogP contribution in [0.4, 0.5) is 0 Å². The SMILES string of the molecule is C=CCC#CC1(O)CCCCC1. The highest BCUT2D eigenvalue weighted by Gasteiger charge is 2.26. The molecule has 0 bridgehead atoms. The van der Waals surface area contributed by atoms with Gasteiger partial charge in [0, 0.05) is 6.42 Å². The molecule has 12 heavy (non-hydrogen) atoms. The zero-order valence-corrected chi connectivity index (χ0v) is 7.47. The molecule has 0 aromatic carbocycles. The second-order valence-corrected chi connectivity index (χ2v) is 3.39. The third-order valence-electron chi connectivity index (χ3n) is 2.25. The molecule has 0 heterocycles. The predicted molar refractivity (Wildman–Crippen MR) is 50.6 cm³/mol. The van der Waals surface area contributed by atoms with Crippen molar-refractivity contribution >= 4 is 0 Å². The Morgan fingerprint density at radius 2 is 2.00 bits per heavy atom. The molecule has 0 radical (unpaired) electrons. The summed E-state index contributed by atoms with van der Waals surface area (Å²) >= 11 is 0. The molecule has 1 aliphatic rings. The second kappa shape index (κ2) is 4.33. The Morgan fingerprint density at radius 3 is 2.58 bits per heavy atom. The third-order valence-corrected chi connectivity index (χ3v) is 2.25. The molecule has 0 saturated heterocycles. The summed E-state index contributed by atoms with van der Waals surface area (Å²) in [7, 11) is 0. The van der Waals surface area contributed by atoms with Crippen LogP contribution in [0, 0.1) is 11.8 Å². The van der Waals surface area contributed by atoms with Crippen LogP contribution in [0.5, 0.6) is 0 Å². The van der Waals surface area contributed by atoms with Crippen LogP contribution in [0.15, 0.2) is 12.7 Å².